The molecule has 0 bridgehead atoms. The Bertz CT molecular complexity index is 952. The molecule has 150 valence electrons. The molecule has 6 heteroatoms. The summed E-state index contributed by atoms with van der Waals surface area (Å²) in [5.74, 6) is -1.50. The summed E-state index contributed by atoms with van der Waals surface area (Å²) in [6.07, 6.45) is 3.62. The minimum atomic E-state index is -0.703. The number of benzene rings is 2. The molecule has 2 aromatic carbocycles. The highest BCUT2D eigenvalue weighted by Gasteiger charge is 2.42. The van der Waals surface area contributed by atoms with Crippen molar-refractivity contribution >= 4 is 29.4 Å². The summed E-state index contributed by atoms with van der Waals surface area (Å²) in [6, 6.07) is 15.6. The summed E-state index contributed by atoms with van der Waals surface area (Å²) in [4.78, 5) is 27.2. The smallest absolute Gasteiger partial charge is 0.290 e. The van der Waals surface area contributed by atoms with Gasteiger partial charge in [0.2, 0.25) is 0 Å². The second-order valence-corrected chi connectivity index (χ2v) is 7.11. The van der Waals surface area contributed by atoms with Crippen molar-refractivity contribution in [2.45, 2.75) is 12.5 Å². The Hall–Kier alpha value is -2.89. The van der Waals surface area contributed by atoms with Crippen LogP contribution in [0.25, 0.3) is 6.08 Å². The molecule has 0 fully saturated rings. The van der Waals surface area contributed by atoms with Crippen LogP contribution in [0, 0.1) is 0 Å². The predicted molar refractivity (Wildman–Crippen MR) is 113 cm³/mol. The number of amides is 1. The Morgan fingerprint density at radius 3 is 2.66 bits per heavy atom. The first-order valence-corrected chi connectivity index (χ1v) is 9.66. The van der Waals surface area contributed by atoms with Crippen molar-refractivity contribution in [1.29, 1.82) is 0 Å². The van der Waals surface area contributed by atoms with E-state index >= 15 is 0 Å². The van der Waals surface area contributed by atoms with E-state index in [0.717, 1.165) is 5.56 Å². The van der Waals surface area contributed by atoms with Crippen molar-refractivity contribution in [2.24, 2.45) is 0 Å². The van der Waals surface area contributed by atoms with Gasteiger partial charge < -0.3 is 14.7 Å². The number of aliphatic hydroxyl groups excluding tert-OH is 1. The fraction of sp³-hybridized carbons (Fsp3) is 0.217. The number of nitrogens with zero attached hydrogens (tertiary/aromatic N) is 1. The van der Waals surface area contributed by atoms with Crippen LogP contribution in [0.5, 0.6) is 0 Å². The number of carbonyl (C=O) groups is 2. The maximum atomic E-state index is 13.0. The lowest BCUT2D eigenvalue weighted by atomic mass is 9.95. The zero-order valence-corrected chi connectivity index (χ0v) is 16.8. The molecule has 2 aromatic rings. The van der Waals surface area contributed by atoms with Gasteiger partial charge in [-0.2, -0.15) is 0 Å². The van der Waals surface area contributed by atoms with Crippen LogP contribution in [0.2, 0.25) is 5.02 Å². The van der Waals surface area contributed by atoms with Gasteiger partial charge in [-0.1, -0.05) is 60.1 Å². The highest BCUT2D eigenvalue weighted by atomic mass is 35.5. The van der Waals surface area contributed by atoms with Gasteiger partial charge in [-0.3, -0.25) is 9.59 Å². The van der Waals surface area contributed by atoms with Gasteiger partial charge in [0.15, 0.2) is 11.5 Å². The molecule has 5 nitrogen and oxygen atoms in total. The first kappa shape index (κ1) is 20.8. The molecule has 29 heavy (non-hydrogen) atoms. The number of allylic oxidation sites excluding steroid dienone is 1. The molecule has 0 aromatic heterocycles. The van der Waals surface area contributed by atoms with Crippen molar-refractivity contribution in [1.82, 2.24) is 4.90 Å². The number of halogens is 1. The lowest BCUT2D eigenvalue weighted by Gasteiger charge is -2.26. The maximum Gasteiger partial charge on any atom is 0.290 e. The van der Waals surface area contributed by atoms with Gasteiger partial charge in [-0.05, 0) is 35.8 Å². The molecule has 0 spiro atoms. The first-order valence-electron chi connectivity index (χ1n) is 9.29. The number of rotatable bonds is 8. The van der Waals surface area contributed by atoms with Crippen molar-refractivity contribution in [3.8, 4) is 0 Å². The van der Waals surface area contributed by atoms with E-state index < -0.39 is 23.5 Å². The van der Waals surface area contributed by atoms with Gasteiger partial charge in [-0.25, -0.2) is 0 Å². The summed E-state index contributed by atoms with van der Waals surface area (Å²) in [5, 5.41) is 11.0. The highest BCUT2D eigenvalue weighted by Crippen LogP contribution is 2.38. The van der Waals surface area contributed by atoms with Gasteiger partial charge in [0, 0.05) is 25.3 Å². The van der Waals surface area contributed by atoms with Gasteiger partial charge in [0.25, 0.3) is 5.91 Å². The summed E-state index contributed by atoms with van der Waals surface area (Å²) < 4.78 is 5.07. The molecule has 3 rings (SSSR count). The van der Waals surface area contributed by atoms with Crippen LogP contribution >= 0.6 is 11.6 Å². The van der Waals surface area contributed by atoms with Crippen molar-refractivity contribution in [2.75, 3.05) is 20.3 Å². The molecule has 1 heterocycles. The van der Waals surface area contributed by atoms with Crippen molar-refractivity contribution in [3.05, 3.63) is 88.2 Å². The monoisotopic (exact) mass is 411 g/mol. The topological polar surface area (TPSA) is 66.8 Å². The van der Waals surface area contributed by atoms with Crippen LogP contribution < -0.4 is 0 Å². The largest absolute Gasteiger partial charge is 0.503 e. The average Bonchev–Trinajstić information content (AvgIpc) is 2.98. The minimum Gasteiger partial charge on any atom is -0.503 e. The Labute approximate surface area is 174 Å². The molecular formula is C23H22ClNO4. The van der Waals surface area contributed by atoms with Gasteiger partial charge >= 0.3 is 0 Å². The lowest BCUT2D eigenvalue weighted by molar-refractivity contribution is -0.129. The summed E-state index contributed by atoms with van der Waals surface area (Å²) in [6.45, 7) is 0.803. The van der Waals surface area contributed by atoms with Gasteiger partial charge in [0.1, 0.15) is 0 Å². The van der Waals surface area contributed by atoms with Crippen LogP contribution in [-0.4, -0.2) is 42.0 Å². The van der Waals surface area contributed by atoms with E-state index in [0.29, 0.717) is 30.2 Å². The SMILES string of the molecule is COCCCN1C(=O)C(O)=C(C(=O)C=Cc2ccccc2)C1c1cccc(Cl)c1. The Morgan fingerprint density at radius 2 is 1.97 bits per heavy atom. The Morgan fingerprint density at radius 1 is 1.21 bits per heavy atom. The van der Waals surface area contributed by atoms with Gasteiger partial charge in [-0.15, -0.1) is 0 Å². The summed E-state index contributed by atoms with van der Waals surface area (Å²) in [7, 11) is 1.58. The lowest BCUT2D eigenvalue weighted by Crippen LogP contribution is -2.32. The molecule has 0 saturated carbocycles. The maximum absolute atomic E-state index is 13.0. The zero-order valence-electron chi connectivity index (χ0n) is 16.0. The summed E-state index contributed by atoms with van der Waals surface area (Å²) in [5.41, 5.74) is 1.58. The third-order valence-corrected chi connectivity index (χ3v) is 4.94. The number of hydrogen-bond acceptors (Lipinski definition) is 4. The molecule has 1 aliphatic heterocycles. The van der Waals surface area contributed by atoms with E-state index in [1.165, 1.54) is 11.0 Å². The van der Waals surface area contributed by atoms with Crippen LogP contribution in [-0.2, 0) is 14.3 Å². The van der Waals surface area contributed by atoms with E-state index in [4.69, 9.17) is 16.3 Å². The van der Waals surface area contributed by atoms with Gasteiger partial charge in [0.05, 0.1) is 11.6 Å². The minimum absolute atomic E-state index is 0.0573. The quantitative estimate of drug-likeness (QED) is 0.518. The molecule has 1 unspecified atom stereocenters. The number of aliphatic hydroxyl groups is 1. The van der Waals surface area contributed by atoms with Crippen LogP contribution in [0.15, 0.2) is 72.0 Å². The highest BCUT2D eigenvalue weighted by molar-refractivity contribution is 6.30. The van der Waals surface area contributed by atoms with Crippen LogP contribution in [0.4, 0.5) is 0 Å². The Kier molecular flexibility index (Phi) is 6.86. The molecule has 1 amide bonds. The van der Waals surface area contributed by atoms with E-state index in [-0.39, 0.29) is 5.57 Å². The molecule has 0 aliphatic carbocycles. The van der Waals surface area contributed by atoms with Crippen LogP contribution in [0.3, 0.4) is 0 Å². The fourth-order valence-corrected chi connectivity index (χ4v) is 3.56. The molecule has 0 radical (unpaired) electrons. The molecular weight excluding hydrogens is 390 g/mol. The number of hydrogen-bond donors (Lipinski definition) is 1. The predicted octanol–water partition coefficient (Wildman–Crippen LogP) is 4.35. The van der Waals surface area contributed by atoms with E-state index in [2.05, 4.69) is 0 Å². The molecule has 1 aliphatic rings. The van der Waals surface area contributed by atoms with E-state index in [1.807, 2.05) is 30.3 Å². The average molecular weight is 412 g/mol. The first-order chi connectivity index (χ1) is 14.0. The molecule has 0 saturated heterocycles. The van der Waals surface area contributed by atoms with Crippen molar-refractivity contribution in [3.63, 3.8) is 0 Å². The molecule has 1 atom stereocenters. The third kappa shape index (κ3) is 4.75. The number of ketones is 1. The van der Waals surface area contributed by atoms with E-state index in [1.54, 1.807) is 37.5 Å². The number of methoxy groups -OCH3 is 1. The molecule has 1 N–H and O–H groups in total. The normalized spacial score (nSPS) is 16.8. The summed E-state index contributed by atoms with van der Waals surface area (Å²) >= 11 is 6.14. The van der Waals surface area contributed by atoms with Crippen molar-refractivity contribution < 1.29 is 19.4 Å². The standard InChI is InChI=1S/C23H22ClNO4/c1-29-14-6-13-25-21(17-9-5-10-18(24)15-17)20(22(27)23(25)28)19(26)12-11-16-7-3-2-4-8-16/h2-5,7-12,15,21,27H,6,13-14H2,1H3. The second kappa shape index (κ2) is 9.54. The zero-order chi connectivity index (χ0) is 20.8. The fourth-order valence-electron chi connectivity index (χ4n) is 3.36. The Balaban J connectivity index is 1.96. The van der Waals surface area contributed by atoms with E-state index in [9.17, 15) is 14.7 Å². The third-order valence-electron chi connectivity index (χ3n) is 4.71. The second-order valence-electron chi connectivity index (χ2n) is 6.67. The number of carbonyl (C=O) groups excluding carboxylic acids is 2. The number of ether oxygens (including phenoxy) is 1. The van der Waals surface area contributed by atoms with Crippen LogP contribution in [0.1, 0.15) is 23.6 Å².